The average Bonchev–Trinajstić information content (AvgIpc) is 2.87. The molecule has 2 rings (SSSR count). The first-order valence-electron chi connectivity index (χ1n) is 14.7. The summed E-state index contributed by atoms with van der Waals surface area (Å²) in [6.07, 6.45) is 16.2. The number of quaternary nitrogens is 1. The smallest absolute Gasteiger partial charge is 0.364 e. The molecule has 4 nitrogen and oxygen atoms in total. The van der Waals surface area contributed by atoms with Gasteiger partial charge in [-0.25, -0.2) is 4.79 Å². The lowest BCUT2D eigenvalue weighted by Gasteiger charge is -2.29. The summed E-state index contributed by atoms with van der Waals surface area (Å²) >= 11 is 0. The van der Waals surface area contributed by atoms with Gasteiger partial charge in [-0.2, -0.15) is 0 Å². The zero-order valence-corrected chi connectivity index (χ0v) is 24.1. The molecule has 0 aromatic heterocycles. The minimum atomic E-state index is -0.568. The first kappa shape index (κ1) is 30.9. The number of rotatable bonds is 20. The summed E-state index contributed by atoms with van der Waals surface area (Å²) in [7, 11) is 4.09. The minimum absolute atomic E-state index is 0.235. The topological polar surface area (TPSA) is 35.5 Å². The van der Waals surface area contributed by atoms with Crippen molar-refractivity contribution in [1.82, 2.24) is 0 Å². The van der Waals surface area contributed by atoms with Gasteiger partial charge in [-0.3, -0.25) is 0 Å². The van der Waals surface area contributed by atoms with Crippen molar-refractivity contribution in [2.45, 2.75) is 110 Å². The van der Waals surface area contributed by atoms with Crippen molar-refractivity contribution >= 4 is 5.97 Å². The second-order valence-corrected chi connectivity index (χ2v) is 11.1. The number of hydrogen-bond acceptors (Lipinski definition) is 3. The van der Waals surface area contributed by atoms with Gasteiger partial charge in [0.05, 0.1) is 14.1 Å². The maximum absolute atomic E-state index is 12.6. The quantitative estimate of drug-likeness (QED) is 0.0775. The molecule has 0 saturated carbocycles. The van der Waals surface area contributed by atoms with Gasteiger partial charge >= 0.3 is 5.97 Å². The fourth-order valence-corrected chi connectivity index (χ4v) is 4.74. The lowest BCUT2D eigenvalue weighted by atomic mass is 10.0. The predicted molar refractivity (Wildman–Crippen MR) is 155 cm³/mol. The third-order valence-corrected chi connectivity index (χ3v) is 6.87. The number of esters is 1. The molecule has 0 radical (unpaired) electrons. The van der Waals surface area contributed by atoms with Crippen LogP contribution in [0.15, 0.2) is 54.6 Å². The van der Waals surface area contributed by atoms with E-state index in [-0.39, 0.29) is 5.97 Å². The van der Waals surface area contributed by atoms with Crippen LogP contribution < -0.4 is 4.74 Å². The molecule has 0 N–H and O–H groups in total. The van der Waals surface area contributed by atoms with Crippen LogP contribution in [0.3, 0.4) is 0 Å². The van der Waals surface area contributed by atoms with Crippen LogP contribution in [0.5, 0.6) is 5.75 Å². The molecule has 206 valence electrons. The molecule has 0 saturated heterocycles. The second-order valence-electron chi connectivity index (χ2n) is 11.1. The molecule has 0 aliphatic carbocycles. The Morgan fingerprint density at radius 1 is 0.730 bits per heavy atom. The SMILES string of the molecule is CCCCCCCCCCCCCc1ccc(OC(CC)OC(=O)C[N+](C)(C)Cc2ccccc2)cc1. The van der Waals surface area contributed by atoms with Gasteiger partial charge in [0.25, 0.3) is 0 Å². The third kappa shape index (κ3) is 14.3. The number of carbonyl (C=O) groups is 1. The fourth-order valence-electron chi connectivity index (χ4n) is 4.74. The van der Waals surface area contributed by atoms with Gasteiger partial charge in [0, 0.05) is 12.0 Å². The summed E-state index contributed by atoms with van der Waals surface area (Å²) in [6.45, 7) is 5.32. The van der Waals surface area contributed by atoms with Crippen LogP contribution >= 0.6 is 0 Å². The largest absolute Gasteiger partial charge is 0.455 e. The summed E-state index contributed by atoms with van der Waals surface area (Å²) in [5.74, 6) is 0.515. The molecule has 0 aliphatic heterocycles. The molecule has 0 spiro atoms. The molecule has 4 heteroatoms. The van der Waals surface area contributed by atoms with E-state index in [0.29, 0.717) is 17.4 Å². The van der Waals surface area contributed by atoms with E-state index in [2.05, 4.69) is 31.2 Å². The van der Waals surface area contributed by atoms with Gasteiger partial charge in [-0.15, -0.1) is 0 Å². The van der Waals surface area contributed by atoms with Gasteiger partial charge in [0.2, 0.25) is 6.29 Å². The molecule has 1 unspecified atom stereocenters. The highest BCUT2D eigenvalue weighted by molar-refractivity contribution is 5.70. The number of carbonyl (C=O) groups excluding carboxylic acids is 1. The van der Waals surface area contributed by atoms with Crippen LogP contribution in [0.4, 0.5) is 0 Å². The van der Waals surface area contributed by atoms with E-state index in [1.54, 1.807) is 0 Å². The second kappa shape index (κ2) is 18.0. The molecule has 0 fully saturated rings. The Balaban J connectivity index is 1.63. The van der Waals surface area contributed by atoms with Gasteiger partial charge in [0.1, 0.15) is 12.3 Å². The van der Waals surface area contributed by atoms with E-state index < -0.39 is 6.29 Å². The van der Waals surface area contributed by atoms with E-state index in [1.807, 2.05) is 51.4 Å². The number of ether oxygens (including phenoxy) is 2. The lowest BCUT2D eigenvalue weighted by molar-refractivity contribution is -0.896. The van der Waals surface area contributed by atoms with Crippen molar-refractivity contribution in [2.24, 2.45) is 0 Å². The van der Waals surface area contributed by atoms with Crippen molar-refractivity contribution in [3.05, 3.63) is 65.7 Å². The highest BCUT2D eigenvalue weighted by Crippen LogP contribution is 2.18. The molecule has 0 bridgehead atoms. The molecule has 37 heavy (non-hydrogen) atoms. The van der Waals surface area contributed by atoms with E-state index in [0.717, 1.165) is 18.7 Å². The van der Waals surface area contributed by atoms with Crippen molar-refractivity contribution in [1.29, 1.82) is 0 Å². The van der Waals surface area contributed by atoms with E-state index in [1.165, 1.54) is 81.8 Å². The van der Waals surface area contributed by atoms with Crippen molar-refractivity contribution in [3.63, 3.8) is 0 Å². The van der Waals surface area contributed by atoms with Crippen LogP contribution in [0, 0.1) is 0 Å². The molecule has 0 amide bonds. The molecular weight excluding hydrogens is 458 g/mol. The van der Waals surface area contributed by atoms with Crippen LogP contribution in [-0.2, 0) is 22.5 Å². The first-order chi connectivity index (χ1) is 17.9. The Kier molecular flexibility index (Phi) is 15.0. The maximum atomic E-state index is 12.6. The van der Waals surface area contributed by atoms with Crippen LogP contribution in [0.1, 0.15) is 102 Å². The molecule has 0 aliphatic rings. The highest BCUT2D eigenvalue weighted by Gasteiger charge is 2.24. The van der Waals surface area contributed by atoms with Gasteiger partial charge < -0.3 is 14.0 Å². The summed E-state index contributed by atoms with van der Waals surface area (Å²) in [5.41, 5.74) is 2.55. The van der Waals surface area contributed by atoms with Gasteiger partial charge in [-0.1, -0.05) is 121 Å². The summed E-state index contributed by atoms with van der Waals surface area (Å²) in [4.78, 5) is 12.6. The maximum Gasteiger partial charge on any atom is 0.364 e. The Morgan fingerprint density at radius 2 is 1.30 bits per heavy atom. The normalized spacial score (nSPS) is 12.3. The average molecular weight is 511 g/mol. The molecule has 0 heterocycles. The fraction of sp³-hybridized carbons (Fsp3) is 0.606. The predicted octanol–water partition coefficient (Wildman–Crippen LogP) is 8.47. The molecule has 2 aromatic rings. The summed E-state index contributed by atoms with van der Waals surface area (Å²) in [5, 5.41) is 0. The Bertz CT molecular complexity index is 848. The first-order valence-corrected chi connectivity index (χ1v) is 14.7. The van der Waals surface area contributed by atoms with Crippen LogP contribution in [0.2, 0.25) is 0 Å². The lowest BCUT2D eigenvalue weighted by Crippen LogP contribution is -2.44. The Hall–Kier alpha value is -2.33. The number of hydrogen-bond donors (Lipinski definition) is 0. The molecular formula is C33H52NO3+. The van der Waals surface area contributed by atoms with Gasteiger partial charge in [-0.05, 0) is 30.5 Å². The Labute approximate surface area is 227 Å². The number of aryl methyl sites for hydroxylation is 1. The van der Waals surface area contributed by atoms with E-state index in [4.69, 9.17) is 9.47 Å². The Morgan fingerprint density at radius 3 is 1.86 bits per heavy atom. The zero-order chi connectivity index (χ0) is 26.8. The molecule has 1 atom stereocenters. The standard InChI is InChI=1S/C33H52NO3/c1-5-7-8-9-10-11-12-13-14-15-17-20-29-23-25-31(26-24-29)36-33(6-2)37-32(35)28-34(3,4)27-30-21-18-16-19-22-30/h16,18-19,21-26,33H,5-15,17,20,27-28H2,1-4H3/q+1. The van der Waals surface area contributed by atoms with Crippen molar-refractivity contribution in [3.8, 4) is 5.75 Å². The van der Waals surface area contributed by atoms with Gasteiger partial charge in [0.15, 0.2) is 6.54 Å². The van der Waals surface area contributed by atoms with E-state index in [9.17, 15) is 4.79 Å². The summed E-state index contributed by atoms with van der Waals surface area (Å²) < 4.78 is 12.2. The molecule has 2 aromatic carbocycles. The number of unbranched alkanes of at least 4 members (excludes halogenated alkanes) is 10. The van der Waals surface area contributed by atoms with Crippen molar-refractivity contribution < 1.29 is 18.8 Å². The summed E-state index contributed by atoms with van der Waals surface area (Å²) in [6, 6.07) is 18.5. The highest BCUT2D eigenvalue weighted by atomic mass is 16.7. The van der Waals surface area contributed by atoms with E-state index >= 15 is 0 Å². The third-order valence-electron chi connectivity index (χ3n) is 6.87. The monoisotopic (exact) mass is 510 g/mol. The number of likely N-dealkylation sites (N-methyl/N-ethyl adjacent to an activating group) is 1. The number of nitrogens with zero attached hydrogens (tertiary/aromatic N) is 1. The van der Waals surface area contributed by atoms with Crippen molar-refractivity contribution in [2.75, 3.05) is 20.6 Å². The van der Waals surface area contributed by atoms with Crippen LogP contribution in [-0.4, -0.2) is 37.4 Å². The number of benzene rings is 2. The zero-order valence-electron chi connectivity index (χ0n) is 24.1. The minimum Gasteiger partial charge on any atom is -0.455 e. The van der Waals surface area contributed by atoms with Crippen LogP contribution in [0.25, 0.3) is 0 Å².